The van der Waals surface area contributed by atoms with Crippen molar-refractivity contribution in [1.82, 2.24) is 4.98 Å². The normalized spacial score (nSPS) is 17.2. The lowest BCUT2D eigenvalue weighted by atomic mass is 9.91. The van der Waals surface area contributed by atoms with Crippen molar-refractivity contribution in [3.05, 3.63) is 58.7 Å². The first-order valence-corrected chi connectivity index (χ1v) is 11.0. The molecule has 0 spiro atoms. The number of nitrogens with one attached hydrogen (secondary N) is 1. The summed E-state index contributed by atoms with van der Waals surface area (Å²) in [6.07, 6.45) is 3.06. The smallest absolute Gasteiger partial charge is 0.250 e. The molecule has 1 aliphatic heterocycles. The van der Waals surface area contributed by atoms with E-state index in [2.05, 4.69) is 4.98 Å². The number of hydrogen-bond donors (Lipinski definition) is 2. The van der Waals surface area contributed by atoms with Gasteiger partial charge < -0.3 is 10.7 Å². The van der Waals surface area contributed by atoms with Gasteiger partial charge in [-0.15, -0.1) is 0 Å². The fourth-order valence-electron chi connectivity index (χ4n) is 3.80. The molecule has 3 aromatic rings. The number of aromatic amines is 1. The van der Waals surface area contributed by atoms with Gasteiger partial charge in [0.2, 0.25) is 0 Å². The topological polar surface area (TPSA) is 93.0 Å². The first-order valence-electron chi connectivity index (χ1n) is 8.75. The van der Waals surface area contributed by atoms with Gasteiger partial charge in [0.1, 0.15) is 9.84 Å². The highest BCUT2D eigenvalue weighted by Gasteiger charge is 2.27. The second kappa shape index (κ2) is 6.69. The second-order valence-electron chi connectivity index (χ2n) is 6.99. The van der Waals surface area contributed by atoms with Gasteiger partial charge in [-0.1, -0.05) is 23.7 Å². The van der Waals surface area contributed by atoms with Crippen molar-refractivity contribution < 1.29 is 13.2 Å². The molecule has 0 unspecified atom stereocenters. The van der Waals surface area contributed by atoms with Crippen molar-refractivity contribution in [2.24, 2.45) is 5.73 Å². The van der Waals surface area contributed by atoms with Crippen LogP contribution in [0.4, 0.5) is 0 Å². The van der Waals surface area contributed by atoms with Crippen LogP contribution in [0.3, 0.4) is 0 Å². The monoisotopic (exact) mass is 402 g/mol. The Hall–Kier alpha value is -2.31. The zero-order chi connectivity index (χ0) is 19.2. The highest BCUT2D eigenvalue weighted by Crippen LogP contribution is 2.37. The summed E-state index contributed by atoms with van der Waals surface area (Å²) in [5, 5.41) is 1.56. The van der Waals surface area contributed by atoms with E-state index in [-0.39, 0.29) is 17.4 Å². The Labute approximate surface area is 162 Å². The summed E-state index contributed by atoms with van der Waals surface area (Å²) in [5.41, 5.74) is 9.58. The molecule has 1 saturated heterocycles. The molecule has 0 bridgehead atoms. The number of sulfone groups is 1. The minimum absolute atomic E-state index is 0.142. The first kappa shape index (κ1) is 18.1. The molecule has 0 saturated carbocycles. The van der Waals surface area contributed by atoms with E-state index in [1.807, 2.05) is 24.4 Å². The molecule has 3 N–H and O–H groups in total. The Morgan fingerprint density at radius 2 is 1.74 bits per heavy atom. The molecular weight excluding hydrogens is 384 g/mol. The third kappa shape index (κ3) is 3.47. The number of benzene rings is 2. The van der Waals surface area contributed by atoms with Crippen molar-refractivity contribution in [1.29, 1.82) is 0 Å². The molecular formula is C20H19ClN2O3S. The Morgan fingerprint density at radius 3 is 2.37 bits per heavy atom. The van der Waals surface area contributed by atoms with Gasteiger partial charge in [-0.25, -0.2) is 8.42 Å². The second-order valence-corrected chi connectivity index (χ2v) is 9.73. The predicted octanol–water partition coefficient (Wildman–Crippen LogP) is 3.88. The van der Waals surface area contributed by atoms with Crippen LogP contribution in [0.15, 0.2) is 42.6 Å². The van der Waals surface area contributed by atoms with Crippen molar-refractivity contribution in [3.63, 3.8) is 0 Å². The van der Waals surface area contributed by atoms with Crippen LogP contribution in [0.1, 0.15) is 34.7 Å². The lowest BCUT2D eigenvalue weighted by Gasteiger charge is -2.21. The van der Waals surface area contributed by atoms with Gasteiger partial charge in [0.15, 0.2) is 0 Å². The van der Waals surface area contributed by atoms with Gasteiger partial charge in [-0.3, -0.25) is 4.79 Å². The van der Waals surface area contributed by atoms with E-state index < -0.39 is 15.7 Å². The van der Waals surface area contributed by atoms with Crippen molar-refractivity contribution in [2.45, 2.75) is 18.8 Å². The molecule has 1 fully saturated rings. The molecule has 0 radical (unpaired) electrons. The minimum atomic E-state index is -2.93. The highest BCUT2D eigenvalue weighted by atomic mass is 35.5. The molecule has 27 heavy (non-hydrogen) atoms. The number of nitrogens with two attached hydrogens (primary N) is 1. The van der Waals surface area contributed by atoms with Crippen molar-refractivity contribution >= 4 is 38.2 Å². The van der Waals surface area contributed by atoms with E-state index in [4.69, 9.17) is 17.3 Å². The van der Waals surface area contributed by atoms with Gasteiger partial charge in [-0.05, 0) is 59.7 Å². The summed E-state index contributed by atoms with van der Waals surface area (Å²) in [5.74, 6) is 0.0345. The number of amides is 1. The molecule has 2 aromatic carbocycles. The van der Waals surface area contributed by atoms with E-state index >= 15 is 0 Å². The van der Waals surface area contributed by atoms with E-state index in [1.165, 1.54) is 0 Å². The number of carbonyl (C=O) groups excluding carboxylic acids is 1. The number of aromatic nitrogens is 1. The number of carbonyl (C=O) groups is 1. The molecule has 1 amide bonds. The van der Waals surface area contributed by atoms with Crippen LogP contribution < -0.4 is 5.73 Å². The first-order chi connectivity index (χ1) is 12.8. The lowest BCUT2D eigenvalue weighted by molar-refractivity contribution is 0.100. The van der Waals surface area contributed by atoms with Crippen LogP contribution in [-0.2, 0) is 9.84 Å². The third-order valence-corrected chi connectivity index (χ3v) is 7.23. The molecule has 4 rings (SSSR count). The van der Waals surface area contributed by atoms with Gasteiger partial charge in [0.05, 0.1) is 22.6 Å². The van der Waals surface area contributed by atoms with Gasteiger partial charge in [0.25, 0.3) is 5.91 Å². The molecule has 1 aliphatic rings. The van der Waals surface area contributed by atoms with E-state index in [9.17, 15) is 13.2 Å². The summed E-state index contributed by atoms with van der Waals surface area (Å²) < 4.78 is 23.5. The van der Waals surface area contributed by atoms with Crippen molar-refractivity contribution in [2.75, 3.05) is 11.5 Å². The number of hydrogen-bond acceptors (Lipinski definition) is 3. The van der Waals surface area contributed by atoms with E-state index in [0.29, 0.717) is 28.9 Å². The van der Waals surface area contributed by atoms with Crippen LogP contribution >= 0.6 is 11.6 Å². The van der Waals surface area contributed by atoms with E-state index in [1.54, 1.807) is 18.2 Å². The standard InChI is InChI=1S/C20H19ClN2O3S/c21-15-3-1-12(2-4-15)14-9-16-18(13-5-7-27(25,26)8-6-13)11-23-19(16)17(10-14)20(22)24/h1-4,9-11,13,23H,5-8H2,(H2,22,24). The number of primary amides is 1. The summed E-state index contributed by atoms with van der Waals surface area (Å²) >= 11 is 5.98. The average Bonchev–Trinajstić information content (AvgIpc) is 3.05. The van der Waals surface area contributed by atoms with Gasteiger partial charge >= 0.3 is 0 Å². The highest BCUT2D eigenvalue weighted by molar-refractivity contribution is 7.91. The molecule has 2 heterocycles. The van der Waals surface area contributed by atoms with E-state index in [0.717, 1.165) is 22.1 Å². The maximum Gasteiger partial charge on any atom is 0.250 e. The Bertz CT molecular complexity index is 1120. The molecule has 5 nitrogen and oxygen atoms in total. The van der Waals surface area contributed by atoms with Crippen molar-refractivity contribution in [3.8, 4) is 11.1 Å². The largest absolute Gasteiger partial charge is 0.366 e. The predicted molar refractivity (Wildman–Crippen MR) is 108 cm³/mol. The van der Waals surface area contributed by atoms with Gasteiger partial charge in [-0.2, -0.15) is 0 Å². The summed E-state index contributed by atoms with van der Waals surface area (Å²) in [6, 6.07) is 11.2. The molecule has 140 valence electrons. The fourth-order valence-corrected chi connectivity index (χ4v) is 5.41. The van der Waals surface area contributed by atoms with Crippen LogP contribution in [-0.4, -0.2) is 30.8 Å². The fraction of sp³-hybridized carbons (Fsp3) is 0.250. The maximum atomic E-state index is 12.0. The Morgan fingerprint density at radius 1 is 1.07 bits per heavy atom. The minimum Gasteiger partial charge on any atom is -0.366 e. The quantitative estimate of drug-likeness (QED) is 0.696. The summed E-state index contributed by atoms with van der Waals surface area (Å²) in [7, 11) is -2.93. The number of rotatable bonds is 3. The lowest BCUT2D eigenvalue weighted by Crippen LogP contribution is -2.22. The molecule has 1 aromatic heterocycles. The summed E-state index contributed by atoms with van der Waals surface area (Å²) in [4.78, 5) is 15.2. The number of H-pyrrole nitrogens is 1. The molecule has 0 aliphatic carbocycles. The van der Waals surface area contributed by atoms with Gasteiger partial charge in [0, 0.05) is 16.6 Å². The third-order valence-electron chi connectivity index (χ3n) is 5.26. The number of halogens is 1. The Balaban J connectivity index is 1.85. The van der Waals surface area contributed by atoms with Crippen LogP contribution in [0.2, 0.25) is 5.02 Å². The summed E-state index contributed by atoms with van der Waals surface area (Å²) in [6.45, 7) is 0. The maximum absolute atomic E-state index is 12.0. The number of fused-ring (bicyclic) bond motifs is 1. The van der Waals surface area contributed by atoms with Crippen LogP contribution in [0, 0.1) is 0 Å². The Kier molecular flexibility index (Phi) is 4.48. The van der Waals surface area contributed by atoms with Crippen LogP contribution in [0.25, 0.3) is 22.0 Å². The van der Waals surface area contributed by atoms with Crippen LogP contribution in [0.5, 0.6) is 0 Å². The molecule has 7 heteroatoms. The zero-order valence-corrected chi connectivity index (χ0v) is 16.1. The molecule has 0 atom stereocenters. The zero-order valence-electron chi connectivity index (χ0n) is 14.5. The average molecular weight is 403 g/mol. The SMILES string of the molecule is NC(=O)c1cc(-c2ccc(Cl)cc2)cc2c(C3CCS(=O)(=O)CC3)c[nH]c12.